The van der Waals surface area contributed by atoms with Gasteiger partial charge >= 0.3 is 0 Å². The maximum atomic E-state index is 12.9. The van der Waals surface area contributed by atoms with Gasteiger partial charge in [0.15, 0.2) is 0 Å². The number of methoxy groups -OCH3 is 1. The quantitative estimate of drug-likeness (QED) is 0.938. The van der Waals surface area contributed by atoms with Gasteiger partial charge in [-0.15, -0.1) is 0 Å². The van der Waals surface area contributed by atoms with Gasteiger partial charge in [-0.2, -0.15) is 0 Å². The van der Waals surface area contributed by atoms with Crippen LogP contribution in [0, 0.1) is 6.92 Å². The molecule has 1 aromatic carbocycles. The molecule has 0 bridgehead atoms. The number of carbonyl (C=O) groups is 1. The lowest BCUT2D eigenvalue weighted by molar-refractivity contribution is -0.0349. The van der Waals surface area contributed by atoms with E-state index in [-0.39, 0.29) is 18.1 Å². The second-order valence-electron chi connectivity index (χ2n) is 5.90. The van der Waals surface area contributed by atoms with Crippen LogP contribution in [0.5, 0.6) is 0 Å². The fraction of sp³-hybridized carbons (Fsp3) is 0.368. The molecule has 1 amide bonds. The molecule has 1 N–H and O–H groups in total. The molecule has 2 atom stereocenters. The number of rotatable bonds is 4. The van der Waals surface area contributed by atoms with Crippen LogP contribution >= 0.6 is 0 Å². The average Bonchev–Trinajstić information content (AvgIpc) is 2.62. The summed E-state index contributed by atoms with van der Waals surface area (Å²) in [4.78, 5) is 17.2. The van der Waals surface area contributed by atoms with Crippen LogP contribution in [0.25, 0.3) is 11.1 Å². The summed E-state index contributed by atoms with van der Waals surface area (Å²) in [6.45, 7) is 2.98. The van der Waals surface area contributed by atoms with E-state index in [4.69, 9.17) is 9.47 Å². The topological polar surface area (TPSA) is 60.5 Å². The van der Waals surface area contributed by atoms with Crippen LogP contribution in [0.2, 0.25) is 0 Å². The second kappa shape index (κ2) is 7.55. The lowest BCUT2D eigenvalue weighted by Crippen LogP contribution is -2.50. The standard InChI is InChI=1S/C19H22N2O3/c1-13-18(15(8-10-20-13)14-6-4-3-5-7-14)19(22)21-16-12-24-11-9-17(16)23-2/h3-8,10,16-17H,9,11-12H2,1-2H3,(H,21,22)/t16-,17-/m1/s1. The average molecular weight is 326 g/mol. The number of ether oxygens (including phenoxy) is 2. The first-order valence-electron chi connectivity index (χ1n) is 8.13. The molecule has 2 heterocycles. The van der Waals surface area contributed by atoms with Crippen LogP contribution in [-0.2, 0) is 9.47 Å². The zero-order valence-electron chi connectivity index (χ0n) is 14.0. The zero-order valence-corrected chi connectivity index (χ0v) is 14.0. The van der Waals surface area contributed by atoms with Gasteiger partial charge in [-0.1, -0.05) is 30.3 Å². The third kappa shape index (κ3) is 3.47. The van der Waals surface area contributed by atoms with E-state index in [9.17, 15) is 4.79 Å². The number of aryl methyl sites for hydroxylation is 1. The van der Waals surface area contributed by atoms with E-state index >= 15 is 0 Å². The molecule has 1 aliphatic rings. The van der Waals surface area contributed by atoms with Crippen molar-refractivity contribution < 1.29 is 14.3 Å². The summed E-state index contributed by atoms with van der Waals surface area (Å²) in [6.07, 6.45) is 2.48. The predicted molar refractivity (Wildman–Crippen MR) is 91.9 cm³/mol. The van der Waals surface area contributed by atoms with Gasteiger partial charge in [-0.25, -0.2) is 0 Å². The van der Waals surface area contributed by atoms with Gasteiger partial charge in [0.1, 0.15) is 0 Å². The number of benzene rings is 1. The molecule has 126 valence electrons. The Labute approximate surface area is 142 Å². The fourth-order valence-electron chi connectivity index (χ4n) is 3.09. The zero-order chi connectivity index (χ0) is 16.9. The third-order valence-corrected chi connectivity index (χ3v) is 4.36. The number of pyridine rings is 1. The molecule has 0 spiro atoms. The molecule has 24 heavy (non-hydrogen) atoms. The Balaban J connectivity index is 1.90. The molecular formula is C19H22N2O3. The number of hydrogen-bond acceptors (Lipinski definition) is 4. The molecule has 0 unspecified atom stereocenters. The molecule has 5 nitrogen and oxygen atoms in total. The van der Waals surface area contributed by atoms with Crippen LogP contribution < -0.4 is 5.32 Å². The van der Waals surface area contributed by atoms with Crippen molar-refractivity contribution in [3.63, 3.8) is 0 Å². The minimum absolute atomic E-state index is 0.0279. The van der Waals surface area contributed by atoms with E-state index in [1.165, 1.54) is 0 Å². The maximum absolute atomic E-state index is 12.9. The molecule has 3 rings (SSSR count). The minimum atomic E-state index is -0.153. The normalized spacial score (nSPS) is 20.6. The highest BCUT2D eigenvalue weighted by Crippen LogP contribution is 2.25. The SMILES string of the molecule is CO[C@@H]1CCOC[C@H]1NC(=O)c1c(-c2ccccc2)ccnc1C. The van der Waals surface area contributed by atoms with Crippen molar-refractivity contribution >= 4 is 5.91 Å². The summed E-state index contributed by atoms with van der Waals surface area (Å²) in [7, 11) is 1.67. The highest BCUT2D eigenvalue weighted by Gasteiger charge is 2.28. The van der Waals surface area contributed by atoms with Crippen molar-refractivity contribution in [2.45, 2.75) is 25.5 Å². The Kier molecular flexibility index (Phi) is 5.23. The van der Waals surface area contributed by atoms with Gasteiger partial charge < -0.3 is 14.8 Å². The van der Waals surface area contributed by atoms with Crippen molar-refractivity contribution in [1.82, 2.24) is 10.3 Å². The Morgan fingerprint density at radius 1 is 1.29 bits per heavy atom. The fourth-order valence-corrected chi connectivity index (χ4v) is 3.09. The first-order chi connectivity index (χ1) is 11.7. The van der Waals surface area contributed by atoms with Crippen molar-refractivity contribution in [3.8, 4) is 11.1 Å². The van der Waals surface area contributed by atoms with Crippen molar-refractivity contribution in [2.24, 2.45) is 0 Å². The van der Waals surface area contributed by atoms with Gasteiger partial charge in [0, 0.05) is 19.9 Å². The molecule has 0 aliphatic carbocycles. The van der Waals surface area contributed by atoms with E-state index in [1.807, 2.05) is 43.3 Å². The molecular weight excluding hydrogens is 304 g/mol. The van der Waals surface area contributed by atoms with Gasteiger partial charge in [0.05, 0.1) is 30.0 Å². The third-order valence-electron chi connectivity index (χ3n) is 4.36. The summed E-state index contributed by atoms with van der Waals surface area (Å²) in [5.74, 6) is -0.142. The van der Waals surface area contributed by atoms with E-state index in [0.29, 0.717) is 24.5 Å². The highest BCUT2D eigenvalue weighted by molar-refractivity contribution is 6.02. The number of nitrogens with one attached hydrogen (secondary N) is 1. The van der Waals surface area contributed by atoms with Gasteiger partial charge in [0.2, 0.25) is 0 Å². The van der Waals surface area contributed by atoms with Gasteiger partial charge in [-0.05, 0) is 30.5 Å². The number of carbonyl (C=O) groups excluding carboxylic acids is 1. The van der Waals surface area contributed by atoms with Crippen LogP contribution in [-0.4, -0.2) is 43.4 Å². The lowest BCUT2D eigenvalue weighted by Gasteiger charge is -2.31. The smallest absolute Gasteiger partial charge is 0.254 e. The molecule has 0 radical (unpaired) electrons. The molecule has 0 saturated carbocycles. The number of nitrogens with zero attached hydrogens (tertiary/aromatic N) is 1. The van der Waals surface area contributed by atoms with Crippen LogP contribution in [0.4, 0.5) is 0 Å². The summed E-state index contributed by atoms with van der Waals surface area (Å²) >= 11 is 0. The molecule has 2 aromatic rings. The van der Waals surface area contributed by atoms with E-state index in [2.05, 4.69) is 10.3 Å². The van der Waals surface area contributed by atoms with Crippen molar-refractivity contribution in [3.05, 3.63) is 53.9 Å². The Morgan fingerprint density at radius 2 is 2.08 bits per heavy atom. The van der Waals surface area contributed by atoms with E-state index in [1.54, 1.807) is 13.3 Å². The summed E-state index contributed by atoms with van der Waals surface area (Å²) in [6, 6.07) is 11.6. The van der Waals surface area contributed by atoms with E-state index in [0.717, 1.165) is 17.5 Å². The molecule has 1 aliphatic heterocycles. The lowest BCUT2D eigenvalue weighted by atomic mass is 9.98. The maximum Gasteiger partial charge on any atom is 0.254 e. The molecule has 1 fully saturated rings. The minimum Gasteiger partial charge on any atom is -0.379 e. The monoisotopic (exact) mass is 326 g/mol. The van der Waals surface area contributed by atoms with Crippen molar-refractivity contribution in [2.75, 3.05) is 20.3 Å². The summed E-state index contributed by atoms with van der Waals surface area (Å²) in [5, 5.41) is 3.06. The van der Waals surface area contributed by atoms with Crippen LogP contribution in [0.1, 0.15) is 22.5 Å². The summed E-state index contributed by atoms with van der Waals surface area (Å²) < 4.78 is 11.0. The van der Waals surface area contributed by atoms with Gasteiger partial charge in [0.25, 0.3) is 5.91 Å². The highest BCUT2D eigenvalue weighted by atomic mass is 16.5. The number of hydrogen-bond donors (Lipinski definition) is 1. The first kappa shape index (κ1) is 16.6. The Morgan fingerprint density at radius 3 is 2.83 bits per heavy atom. The van der Waals surface area contributed by atoms with Crippen molar-refractivity contribution in [1.29, 1.82) is 0 Å². The summed E-state index contributed by atoms with van der Waals surface area (Å²) in [5.41, 5.74) is 3.19. The van der Waals surface area contributed by atoms with Crippen LogP contribution in [0.15, 0.2) is 42.6 Å². The number of aromatic nitrogens is 1. The van der Waals surface area contributed by atoms with Gasteiger partial charge in [-0.3, -0.25) is 9.78 Å². The Bertz CT molecular complexity index is 703. The molecule has 1 aromatic heterocycles. The van der Waals surface area contributed by atoms with E-state index < -0.39 is 0 Å². The molecule has 1 saturated heterocycles. The first-order valence-corrected chi connectivity index (χ1v) is 8.13. The number of amides is 1. The largest absolute Gasteiger partial charge is 0.379 e. The second-order valence-corrected chi connectivity index (χ2v) is 5.90. The predicted octanol–water partition coefficient (Wildman–Crippen LogP) is 2.59. The Hall–Kier alpha value is -2.24. The van der Waals surface area contributed by atoms with Crippen LogP contribution in [0.3, 0.4) is 0 Å². The molecule has 5 heteroatoms.